The molecule has 1 aromatic heterocycles. The van der Waals surface area contributed by atoms with Gasteiger partial charge in [0, 0.05) is 10.4 Å². The Morgan fingerprint density at radius 3 is 2.45 bits per heavy atom. The van der Waals surface area contributed by atoms with Gasteiger partial charge < -0.3 is 9.47 Å². The van der Waals surface area contributed by atoms with Crippen molar-refractivity contribution in [3.05, 3.63) is 65.5 Å². The summed E-state index contributed by atoms with van der Waals surface area (Å²) in [7, 11) is 1.31. The fraction of sp³-hybridized carbons (Fsp3) is 0.304. The van der Waals surface area contributed by atoms with Crippen LogP contribution >= 0.6 is 47.8 Å². The number of hydrogen-bond acceptors (Lipinski definition) is 6. The van der Waals surface area contributed by atoms with E-state index in [4.69, 9.17) is 14.5 Å². The first kappa shape index (κ1) is 25.6. The zero-order valence-electron chi connectivity index (χ0n) is 18.4. The van der Waals surface area contributed by atoms with Crippen molar-refractivity contribution in [1.82, 2.24) is 9.66 Å². The Kier molecular flexibility index (Phi) is 8.47. The van der Waals surface area contributed by atoms with Crippen molar-refractivity contribution in [3.8, 4) is 5.75 Å². The molecule has 1 heterocycles. The molecule has 0 unspecified atom stereocenters. The van der Waals surface area contributed by atoms with Crippen molar-refractivity contribution in [3.63, 3.8) is 0 Å². The van der Waals surface area contributed by atoms with Gasteiger partial charge >= 0.3 is 5.97 Å². The summed E-state index contributed by atoms with van der Waals surface area (Å²) in [5.74, 6) is 0.613. The van der Waals surface area contributed by atoms with E-state index in [1.54, 1.807) is 31.3 Å². The molecular weight excluding hydrogens is 622 g/mol. The van der Waals surface area contributed by atoms with Crippen LogP contribution in [0.1, 0.15) is 44.5 Å². The summed E-state index contributed by atoms with van der Waals surface area (Å²) in [5.41, 5.74) is 1.11. The normalized spacial score (nSPS) is 13.3. The van der Waals surface area contributed by atoms with Gasteiger partial charge in [-0.25, -0.2) is 9.78 Å². The summed E-state index contributed by atoms with van der Waals surface area (Å²) in [6.45, 7) is 5.66. The zero-order valence-corrected chi connectivity index (χ0v) is 23.2. The fourth-order valence-corrected chi connectivity index (χ4v) is 4.83. The average Bonchev–Trinajstić information content (AvgIpc) is 2.79. The molecule has 0 saturated heterocycles. The third-order valence-electron chi connectivity index (χ3n) is 5.06. The van der Waals surface area contributed by atoms with Gasteiger partial charge in [0.05, 0.1) is 33.2 Å². The van der Waals surface area contributed by atoms with Crippen LogP contribution in [0, 0.1) is 0 Å². The second-order valence-corrected chi connectivity index (χ2v) is 10.0. The van der Waals surface area contributed by atoms with E-state index >= 15 is 0 Å². The summed E-state index contributed by atoms with van der Waals surface area (Å²) >= 11 is 10.4. The molecule has 33 heavy (non-hydrogen) atoms. The van der Waals surface area contributed by atoms with Crippen LogP contribution in [-0.4, -0.2) is 35.1 Å². The number of ether oxygens (including phenoxy) is 2. The fourth-order valence-electron chi connectivity index (χ4n) is 3.06. The Labute approximate surface area is 216 Å². The molecule has 0 aliphatic carbocycles. The highest BCUT2D eigenvalue weighted by Crippen LogP contribution is 2.35. The lowest BCUT2D eigenvalue weighted by atomic mass is 10.1. The molecule has 10 heteroatoms. The number of carbonyl (C=O) groups excluding carboxylic acids is 1. The number of benzene rings is 2. The lowest BCUT2D eigenvalue weighted by molar-refractivity contribution is -0.147. The smallest absolute Gasteiger partial charge is 0.346 e. The highest BCUT2D eigenvalue weighted by atomic mass is 79.9. The van der Waals surface area contributed by atoms with Gasteiger partial charge in [0.15, 0.2) is 6.10 Å². The Morgan fingerprint density at radius 1 is 1.18 bits per heavy atom. The van der Waals surface area contributed by atoms with Gasteiger partial charge in [-0.05, 0) is 81.1 Å². The summed E-state index contributed by atoms with van der Waals surface area (Å²) < 4.78 is 13.8. The van der Waals surface area contributed by atoms with E-state index in [0.717, 1.165) is 10.9 Å². The first-order valence-corrected chi connectivity index (χ1v) is 12.5. The Bertz CT molecular complexity index is 1270. The van der Waals surface area contributed by atoms with E-state index in [1.807, 2.05) is 26.0 Å². The third kappa shape index (κ3) is 5.73. The standard InChI is InChI=1S/C23H22Br3N3O4/c1-5-12(2)21-28-19-7-6-15(24)10-16(19)22(30)29(21)27-11-14-8-17(25)20(18(26)9-14)33-13(3)23(31)32-4/h6-13H,5H2,1-4H3/t12-,13-/m0/s1. The van der Waals surface area contributed by atoms with Gasteiger partial charge in [-0.3, -0.25) is 4.79 Å². The van der Waals surface area contributed by atoms with Crippen molar-refractivity contribution in [1.29, 1.82) is 0 Å². The molecule has 7 nitrogen and oxygen atoms in total. The van der Waals surface area contributed by atoms with Crippen LogP contribution in [0.3, 0.4) is 0 Å². The molecule has 2 atom stereocenters. The quantitative estimate of drug-likeness (QED) is 0.232. The number of esters is 1. The predicted octanol–water partition coefficient (Wildman–Crippen LogP) is 6.02. The van der Waals surface area contributed by atoms with Crippen LogP contribution in [0.25, 0.3) is 10.9 Å². The van der Waals surface area contributed by atoms with Gasteiger partial charge in [0.25, 0.3) is 5.56 Å². The van der Waals surface area contributed by atoms with Crippen LogP contribution < -0.4 is 10.3 Å². The van der Waals surface area contributed by atoms with Gasteiger partial charge in [0.1, 0.15) is 11.6 Å². The largest absolute Gasteiger partial charge is 0.477 e. The molecule has 0 spiro atoms. The number of carbonyl (C=O) groups is 1. The molecular formula is C23H22Br3N3O4. The molecule has 3 rings (SSSR count). The Morgan fingerprint density at radius 2 is 1.85 bits per heavy atom. The summed E-state index contributed by atoms with van der Waals surface area (Å²) in [4.78, 5) is 29.6. The molecule has 2 aromatic carbocycles. The van der Waals surface area contributed by atoms with E-state index in [9.17, 15) is 9.59 Å². The van der Waals surface area contributed by atoms with E-state index in [1.165, 1.54) is 11.8 Å². The number of methoxy groups -OCH3 is 1. The van der Waals surface area contributed by atoms with Crippen molar-refractivity contribution >= 4 is 70.9 Å². The number of fused-ring (bicyclic) bond motifs is 1. The van der Waals surface area contributed by atoms with Crippen LogP contribution in [0.15, 0.2) is 53.6 Å². The third-order valence-corrected chi connectivity index (χ3v) is 6.73. The highest BCUT2D eigenvalue weighted by molar-refractivity contribution is 9.11. The van der Waals surface area contributed by atoms with Gasteiger partial charge in [-0.15, -0.1) is 0 Å². The lowest BCUT2D eigenvalue weighted by Crippen LogP contribution is -2.25. The number of halogens is 3. The van der Waals surface area contributed by atoms with Crippen molar-refractivity contribution in [2.24, 2.45) is 5.10 Å². The number of hydrogen-bond donors (Lipinski definition) is 0. The predicted molar refractivity (Wildman–Crippen MR) is 139 cm³/mol. The Balaban J connectivity index is 2.04. The van der Waals surface area contributed by atoms with Crippen LogP contribution in [0.2, 0.25) is 0 Å². The van der Waals surface area contributed by atoms with E-state index in [-0.39, 0.29) is 11.5 Å². The van der Waals surface area contributed by atoms with Crippen molar-refractivity contribution < 1.29 is 14.3 Å². The minimum atomic E-state index is -0.776. The van der Waals surface area contributed by atoms with E-state index in [2.05, 4.69) is 52.9 Å². The molecule has 0 aliphatic heterocycles. The summed E-state index contributed by atoms with van der Waals surface area (Å²) in [6, 6.07) is 9.00. The second-order valence-electron chi connectivity index (χ2n) is 7.40. The van der Waals surface area contributed by atoms with E-state index in [0.29, 0.717) is 37.0 Å². The van der Waals surface area contributed by atoms with Crippen LogP contribution in [-0.2, 0) is 9.53 Å². The average molecular weight is 644 g/mol. The zero-order chi connectivity index (χ0) is 24.3. The summed E-state index contributed by atoms with van der Waals surface area (Å²) in [5, 5.41) is 4.97. The number of rotatable bonds is 7. The SMILES string of the molecule is CC[C@H](C)c1nc2ccc(Br)cc2c(=O)n1N=Cc1cc(Br)c(O[C@@H](C)C(=O)OC)c(Br)c1. The maximum absolute atomic E-state index is 13.3. The van der Waals surface area contributed by atoms with Crippen molar-refractivity contribution in [2.45, 2.75) is 39.2 Å². The van der Waals surface area contributed by atoms with Crippen LogP contribution in [0.4, 0.5) is 0 Å². The monoisotopic (exact) mass is 641 g/mol. The van der Waals surface area contributed by atoms with Gasteiger partial charge in [0.2, 0.25) is 0 Å². The molecule has 0 radical (unpaired) electrons. The summed E-state index contributed by atoms with van der Waals surface area (Å²) in [6.07, 6.45) is 1.62. The molecule has 3 aromatic rings. The lowest BCUT2D eigenvalue weighted by Gasteiger charge is -2.16. The minimum Gasteiger partial charge on any atom is -0.477 e. The van der Waals surface area contributed by atoms with Crippen LogP contribution in [0.5, 0.6) is 5.75 Å². The minimum absolute atomic E-state index is 0.0388. The maximum atomic E-state index is 13.3. The molecule has 174 valence electrons. The molecule has 0 fully saturated rings. The number of aromatic nitrogens is 2. The first-order chi connectivity index (χ1) is 15.7. The highest BCUT2D eigenvalue weighted by Gasteiger charge is 2.19. The topological polar surface area (TPSA) is 82.8 Å². The second kappa shape index (κ2) is 10.9. The van der Waals surface area contributed by atoms with Crippen molar-refractivity contribution in [2.75, 3.05) is 7.11 Å². The molecule has 0 amide bonds. The first-order valence-electron chi connectivity index (χ1n) is 10.2. The number of nitrogens with zero attached hydrogens (tertiary/aromatic N) is 3. The van der Waals surface area contributed by atoms with E-state index < -0.39 is 12.1 Å². The molecule has 0 aliphatic rings. The Hall–Kier alpha value is -2.04. The van der Waals surface area contributed by atoms with Gasteiger partial charge in [-0.1, -0.05) is 29.8 Å². The molecule has 0 saturated carbocycles. The molecule has 0 bridgehead atoms. The maximum Gasteiger partial charge on any atom is 0.346 e. The van der Waals surface area contributed by atoms with Gasteiger partial charge in [-0.2, -0.15) is 9.78 Å². The molecule has 0 N–H and O–H groups in total.